The molecular formula is C17H27N3O4. The molecule has 1 amide bonds. The van der Waals surface area contributed by atoms with Crippen molar-refractivity contribution in [3.05, 3.63) is 22.5 Å². The molecule has 0 saturated carbocycles. The highest BCUT2D eigenvalue weighted by Crippen LogP contribution is 2.20. The monoisotopic (exact) mass is 337 g/mol. The number of aryl methyl sites for hydroxylation is 1. The molecule has 7 heteroatoms. The third-order valence-corrected chi connectivity index (χ3v) is 4.60. The number of aromatic amines is 1. The van der Waals surface area contributed by atoms with Crippen molar-refractivity contribution in [1.82, 2.24) is 15.2 Å². The van der Waals surface area contributed by atoms with Crippen LogP contribution in [0.4, 0.5) is 0 Å². The third-order valence-electron chi connectivity index (χ3n) is 4.60. The third kappa shape index (κ3) is 3.79. The summed E-state index contributed by atoms with van der Waals surface area (Å²) in [6.45, 7) is 11.4. The number of ether oxygens (including phenoxy) is 2. The Morgan fingerprint density at radius 3 is 2.50 bits per heavy atom. The van der Waals surface area contributed by atoms with Crippen molar-refractivity contribution in [3.8, 4) is 0 Å². The fourth-order valence-electron chi connectivity index (χ4n) is 3.05. The lowest BCUT2D eigenvalue weighted by molar-refractivity contribution is -0.00924. The van der Waals surface area contributed by atoms with Crippen molar-refractivity contribution in [1.29, 1.82) is 0 Å². The molecule has 0 spiro atoms. The Labute approximate surface area is 142 Å². The molecule has 24 heavy (non-hydrogen) atoms. The van der Waals surface area contributed by atoms with E-state index in [9.17, 15) is 9.59 Å². The normalized spacial score (nSPS) is 16.0. The summed E-state index contributed by atoms with van der Waals surface area (Å²) < 4.78 is 10.2. The number of aromatic nitrogens is 1. The van der Waals surface area contributed by atoms with Crippen molar-refractivity contribution in [2.45, 2.75) is 33.2 Å². The van der Waals surface area contributed by atoms with Gasteiger partial charge in [0, 0.05) is 30.9 Å². The molecule has 0 radical (unpaired) electrons. The summed E-state index contributed by atoms with van der Waals surface area (Å²) in [5, 5.41) is 2.97. The second-order valence-electron chi connectivity index (χ2n) is 6.71. The maximum Gasteiger partial charge on any atom is 0.339 e. The van der Waals surface area contributed by atoms with Gasteiger partial charge in [-0.05, 0) is 33.3 Å². The van der Waals surface area contributed by atoms with E-state index >= 15 is 0 Å². The van der Waals surface area contributed by atoms with Crippen LogP contribution in [0.3, 0.4) is 0 Å². The SMILES string of the molecule is COC(=O)c1c(C)[nH]c(C(=O)NCC(C)(C)N2CCOCC2)c1C. The molecule has 0 aromatic carbocycles. The fraction of sp³-hybridized carbons (Fsp3) is 0.647. The number of H-pyrrole nitrogens is 1. The molecular weight excluding hydrogens is 310 g/mol. The average molecular weight is 337 g/mol. The number of rotatable bonds is 5. The van der Waals surface area contributed by atoms with E-state index in [0.29, 0.717) is 29.1 Å². The van der Waals surface area contributed by atoms with Crippen molar-refractivity contribution in [2.24, 2.45) is 0 Å². The van der Waals surface area contributed by atoms with Crippen molar-refractivity contribution >= 4 is 11.9 Å². The summed E-state index contributed by atoms with van der Waals surface area (Å²) in [5.41, 5.74) is 1.92. The molecule has 134 valence electrons. The zero-order valence-corrected chi connectivity index (χ0v) is 15.1. The van der Waals surface area contributed by atoms with Gasteiger partial charge in [-0.25, -0.2) is 4.79 Å². The van der Waals surface area contributed by atoms with Gasteiger partial charge in [-0.2, -0.15) is 0 Å². The van der Waals surface area contributed by atoms with E-state index < -0.39 is 5.97 Å². The molecule has 7 nitrogen and oxygen atoms in total. The summed E-state index contributed by atoms with van der Waals surface area (Å²) in [4.78, 5) is 29.7. The van der Waals surface area contributed by atoms with Crippen molar-refractivity contribution < 1.29 is 19.1 Å². The van der Waals surface area contributed by atoms with Gasteiger partial charge < -0.3 is 19.8 Å². The lowest BCUT2D eigenvalue weighted by atomic mass is 10.0. The Kier molecular flexibility index (Phi) is 5.66. The topological polar surface area (TPSA) is 83.7 Å². The van der Waals surface area contributed by atoms with E-state index in [-0.39, 0.29) is 11.4 Å². The van der Waals surface area contributed by atoms with Gasteiger partial charge in [-0.3, -0.25) is 9.69 Å². The standard InChI is InChI=1S/C17H27N3O4/c1-11-13(16(22)23-5)12(2)19-14(11)15(21)18-10-17(3,4)20-6-8-24-9-7-20/h19H,6-10H2,1-5H3,(H,18,21). The number of hydrogen-bond donors (Lipinski definition) is 2. The van der Waals surface area contributed by atoms with Crippen LogP contribution in [-0.2, 0) is 9.47 Å². The summed E-state index contributed by atoms with van der Waals surface area (Å²) >= 11 is 0. The van der Waals surface area contributed by atoms with E-state index in [1.807, 2.05) is 0 Å². The number of esters is 1. The fourth-order valence-corrected chi connectivity index (χ4v) is 3.05. The number of carbonyl (C=O) groups is 2. The first-order valence-corrected chi connectivity index (χ1v) is 8.16. The summed E-state index contributed by atoms with van der Waals surface area (Å²) in [5.74, 6) is -0.652. The molecule has 0 unspecified atom stereocenters. The minimum Gasteiger partial charge on any atom is -0.465 e. The lowest BCUT2D eigenvalue weighted by Gasteiger charge is -2.40. The predicted molar refractivity (Wildman–Crippen MR) is 90.4 cm³/mol. The number of carbonyl (C=O) groups excluding carboxylic acids is 2. The Morgan fingerprint density at radius 2 is 1.92 bits per heavy atom. The molecule has 1 aliphatic heterocycles. The summed E-state index contributed by atoms with van der Waals surface area (Å²) in [7, 11) is 1.33. The molecule has 2 N–H and O–H groups in total. The highest BCUT2D eigenvalue weighted by atomic mass is 16.5. The lowest BCUT2D eigenvalue weighted by Crippen LogP contribution is -2.55. The number of morpholine rings is 1. The first-order valence-electron chi connectivity index (χ1n) is 8.16. The number of amides is 1. The van der Waals surface area contributed by atoms with Crippen LogP contribution >= 0.6 is 0 Å². The first kappa shape index (κ1) is 18.5. The second kappa shape index (κ2) is 7.36. The molecule has 1 aromatic rings. The van der Waals surface area contributed by atoms with Crippen LogP contribution in [0.15, 0.2) is 0 Å². The predicted octanol–water partition coefficient (Wildman–Crippen LogP) is 1.26. The highest BCUT2D eigenvalue weighted by Gasteiger charge is 2.29. The summed E-state index contributed by atoms with van der Waals surface area (Å²) in [6, 6.07) is 0. The Morgan fingerprint density at radius 1 is 1.29 bits per heavy atom. The smallest absolute Gasteiger partial charge is 0.339 e. The van der Waals surface area contributed by atoms with Crippen LogP contribution < -0.4 is 5.32 Å². The number of nitrogens with zero attached hydrogens (tertiary/aromatic N) is 1. The Hall–Kier alpha value is -1.86. The zero-order valence-electron chi connectivity index (χ0n) is 15.1. The van der Waals surface area contributed by atoms with E-state index in [1.165, 1.54) is 7.11 Å². The maximum atomic E-state index is 12.5. The molecule has 0 atom stereocenters. The van der Waals surface area contributed by atoms with Crippen LogP contribution in [0.2, 0.25) is 0 Å². The van der Waals surface area contributed by atoms with Gasteiger partial charge in [-0.15, -0.1) is 0 Å². The van der Waals surface area contributed by atoms with Gasteiger partial charge in [0.1, 0.15) is 5.69 Å². The second-order valence-corrected chi connectivity index (χ2v) is 6.71. The maximum absolute atomic E-state index is 12.5. The number of nitrogens with one attached hydrogen (secondary N) is 2. The van der Waals surface area contributed by atoms with Gasteiger partial charge in [0.2, 0.25) is 0 Å². The van der Waals surface area contributed by atoms with Crippen LogP contribution in [-0.4, -0.2) is 67.3 Å². The molecule has 1 saturated heterocycles. The minimum atomic E-state index is -0.436. The van der Waals surface area contributed by atoms with Crippen molar-refractivity contribution in [3.63, 3.8) is 0 Å². The van der Waals surface area contributed by atoms with Gasteiger partial charge in [-0.1, -0.05) is 0 Å². The van der Waals surface area contributed by atoms with Crippen molar-refractivity contribution in [2.75, 3.05) is 40.0 Å². The van der Waals surface area contributed by atoms with Crippen LogP contribution in [0.1, 0.15) is 46.0 Å². The van der Waals surface area contributed by atoms with Gasteiger partial charge in [0.05, 0.1) is 25.9 Å². The highest BCUT2D eigenvalue weighted by molar-refractivity contribution is 6.00. The zero-order chi connectivity index (χ0) is 17.9. The van der Waals surface area contributed by atoms with E-state index in [0.717, 1.165) is 26.3 Å². The van der Waals surface area contributed by atoms with Gasteiger partial charge >= 0.3 is 5.97 Å². The Bertz CT molecular complexity index is 616. The molecule has 2 rings (SSSR count). The van der Waals surface area contributed by atoms with E-state index in [2.05, 4.69) is 29.0 Å². The molecule has 1 fully saturated rings. The van der Waals surface area contributed by atoms with Gasteiger partial charge in [0.15, 0.2) is 0 Å². The quantitative estimate of drug-likeness (QED) is 0.790. The molecule has 1 aliphatic rings. The van der Waals surface area contributed by atoms with Gasteiger partial charge in [0.25, 0.3) is 5.91 Å². The molecule has 0 bridgehead atoms. The minimum absolute atomic E-state index is 0.167. The van der Waals surface area contributed by atoms with E-state index in [1.54, 1.807) is 13.8 Å². The Balaban J connectivity index is 2.06. The molecule has 2 heterocycles. The summed E-state index contributed by atoms with van der Waals surface area (Å²) in [6.07, 6.45) is 0. The van der Waals surface area contributed by atoms with E-state index in [4.69, 9.17) is 9.47 Å². The average Bonchev–Trinajstić information content (AvgIpc) is 2.87. The van der Waals surface area contributed by atoms with Crippen LogP contribution in [0.25, 0.3) is 0 Å². The number of methoxy groups -OCH3 is 1. The molecule has 1 aromatic heterocycles. The largest absolute Gasteiger partial charge is 0.465 e. The van der Waals surface area contributed by atoms with Crippen LogP contribution in [0.5, 0.6) is 0 Å². The first-order chi connectivity index (χ1) is 11.3. The molecule has 0 aliphatic carbocycles. The number of hydrogen-bond acceptors (Lipinski definition) is 5. The van der Waals surface area contributed by atoms with Crippen LogP contribution in [0, 0.1) is 13.8 Å².